The van der Waals surface area contributed by atoms with Crippen LogP contribution < -0.4 is 0 Å². The molecule has 1 aliphatic carbocycles. The molecule has 27 heavy (non-hydrogen) atoms. The van der Waals surface area contributed by atoms with Gasteiger partial charge in [-0.2, -0.15) is 0 Å². The SMILES string of the molecule is CN1CC(C(=O)O)CC2c3cccc4c3c(cn4Cc3ccccc3)CC21. The van der Waals surface area contributed by atoms with Crippen molar-refractivity contribution >= 4 is 16.9 Å². The number of fused-ring (bicyclic) bond motifs is 2. The van der Waals surface area contributed by atoms with Crippen molar-refractivity contribution in [2.24, 2.45) is 5.92 Å². The lowest BCUT2D eigenvalue weighted by Crippen LogP contribution is -2.49. The molecule has 1 aliphatic heterocycles. The van der Waals surface area contributed by atoms with Crippen LogP contribution in [0.25, 0.3) is 10.9 Å². The van der Waals surface area contributed by atoms with Crippen LogP contribution in [0.1, 0.15) is 29.0 Å². The highest BCUT2D eigenvalue weighted by Crippen LogP contribution is 2.45. The van der Waals surface area contributed by atoms with Crippen molar-refractivity contribution in [3.8, 4) is 0 Å². The number of hydrogen-bond donors (Lipinski definition) is 1. The smallest absolute Gasteiger partial charge is 0.307 e. The lowest BCUT2D eigenvalue weighted by atomic mass is 9.72. The first-order valence-corrected chi connectivity index (χ1v) is 9.69. The van der Waals surface area contributed by atoms with Gasteiger partial charge in [0, 0.05) is 42.1 Å². The molecule has 3 aromatic rings. The van der Waals surface area contributed by atoms with Gasteiger partial charge in [-0.05, 0) is 42.6 Å². The third-order valence-electron chi connectivity index (χ3n) is 6.47. The average Bonchev–Trinajstić information content (AvgIpc) is 3.02. The van der Waals surface area contributed by atoms with Gasteiger partial charge in [0.15, 0.2) is 0 Å². The number of aromatic nitrogens is 1. The summed E-state index contributed by atoms with van der Waals surface area (Å²) in [6.07, 6.45) is 4.06. The van der Waals surface area contributed by atoms with Crippen LogP contribution in [0.5, 0.6) is 0 Å². The Morgan fingerprint density at radius 1 is 1.15 bits per heavy atom. The minimum Gasteiger partial charge on any atom is -0.481 e. The van der Waals surface area contributed by atoms with Crippen LogP contribution in [0.15, 0.2) is 54.7 Å². The maximum Gasteiger partial charge on any atom is 0.307 e. The summed E-state index contributed by atoms with van der Waals surface area (Å²) < 4.78 is 2.36. The first-order valence-electron chi connectivity index (χ1n) is 9.69. The second-order valence-corrected chi connectivity index (χ2v) is 8.10. The molecule has 0 bridgehead atoms. The maximum atomic E-state index is 11.6. The molecule has 5 rings (SSSR count). The van der Waals surface area contributed by atoms with Crippen molar-refractivity contribution in [2.45, 2.75) is 31.3 Å². The molecule has 1 saturated heterocycles. The fourth-order valence-corrected chi connectivity index (χ4v) is 5.21. The molecule has 4 nitrogen and oxygen atoms in total. The number of likely N-dealkylation sites (N-methyl/N-ethyl adjacent to an activating group) is 1. The van der Waals surface area contributed by atoms with Gasteiger partial charge in [-0.25, -0.2) is 0 Å². The van der Waals surface area contributed by atoms with Crippen molar-refractivity contribution in [2.75, 3.05) is 13.6 Å². The predicted octanol–water partition coefficient (Wildman–Crippen LogP) is 3.73. The van der Waals surface area contributed by atoms with Crippen LogP contribution in [-0.4, -0.2) is 40.2 Å². The number of hydrogen-bond acceptors (Lipinski definition) is 2. The van der Waals surface area contributed by atoms with Crippen LogP contribution >= 0.6 is 0 Å². The fourth-order valence-electron chi connectivity index (χ4n) is 5.21. The van der Waals surface area contributed by atoms with Gasteiger partial charge < -0.3 is 14.6 Å². The maximum absolute atomic E-state index is 11.6. The minimum atomic E-state index is -0.667. The molecule has 2 heterocycles. The Labute approximate surface area is 159 Å². The summed E-state index contributed by atoms with van der Waals surface area (Å²) in [5, 5.41) is 10.9. The largest absolute Gasteiger partial charge is 0.481 e. The number of benzene rings is 2. The fraction of sp³-hybridized carbons (Fsp3) is 0.348. The number of carbonyl (C=O) groups is 1. The molecule has 1 N–H and O–H groups in total. The van der Waals surface area contributed by atoms with Crippen LogP contribution in [-0.2, 0) is 17.8 Å². The number of rotatable bonds is 3. The highest BCUT2D eigenvalue weighted by molar-refractivity contribution is 5.89. The molecular weight excluding hydrogens is 336 g/mol. The molecule has 3 atom stereocenters. The van der Waals surface area contributed by atoms with Crippen molar-refractivity contribution in [3.05, 3.63) is 71.4 Å². The summed E-state index contributed by atoms with van der Waals surface area (Å²) in [5.41, 5.74) is 5.30. The molecule has 2 aromatic carbocycles. The zero-order chi connectivity index (χ0) is 18.5. The van der Waals surface area contributed by atoms with E-state index < -0.39 is 5.97 Å². The first kappa shape index (κ1) is 16.6. The molecule has 0 radical (unpaired) electrons. The normalized spacial score (nSPS) is 24.7. The first-order chi connectivity index (χ1) is 13.1. The van der Waals surface area contributed by atoms with Gasteiger partial charge in [-0.3, -0.25) is 4.79 Å². The van der Waals surface area contributed by atoms with E-state index in [4.69, 9.17) is 0 Å². The summed E-state index contributed by atoms with van der Waals surface area (Å²) in [4.78, 5) is 13.9. The average molecular weight is 360 g/mol. The molecule has 2 aliphatic rings. The summed E-state index contributed by atoms with van der Waals surface area (Å²) >= 11 is 0. The van der Waals surface area contributed by atoms with Gasteiger partial charge in [0.25, 0.3) is 0 Å². The number of carboxylic acids is 1. The van der Waals surface area contributed by atoms with Crippen LogP contribution in [0.4, 0.5) is 0 Å². The predicted molar refractivity (Wildman–Crippen MR) is 106 cm³/mol. The number of likely N-dealkylation sites (tertiary alicyclic amines) is 1. The van der Waals surface area contributed by atoms with E-state index in [0.717, 1.165) is 19.4 Å². The topological polar surface area (TPSA) is 45.5 Å². The lowest BCUT2D eigenvalue weighted by molar-refractivity contribution is -0.144. The van der Waals surface area contributed by atoms with Gasteiger partial charge in [-0.1, -0.05) is 42.5 Å². The Balaban J connectivity index is 1.59. The second-order valence-electron chi connectivity index (χ2n) is 8.10. The molecule has 0 spiro atoms. The Morgan fingerprint density at radius 3 is 2.74 bits per heavy atom. The van der Waals surface area contributed by atoms with E-state index in [0.29, 0.717) is 18.5 Å². The monoisotopic (exact) mass is 360 g/mol. The third-order valence-corrected chi connectivity index (χ3v) is 6.47. The molecule has 138 valence electrons. The Hall–Kier alpha value is -2.59. The molecule has 0 amide bonds. The van der Waals surface area contributed by atoms with Crippen molar-refractivity contribution in [1.29, 1.82) is 0 Å². The Kier molecular flexibility index (Phi) is 3.83. The van der Waals surface area contributed by atoms with E-state index >= 15 is 0 Å². The molecule has 0 saturated carbocycles. The molecule has 3 unspecified atom stereocenters. The van der Waals surface area contributed by atoms with Gasteiger partial charge in [0.2, 0.25) is 0 Å². The highest BCUT2D eigenvalue weighted by atomic mass is 16.4. The number of nitrogens with zero attached hydrogens (tertiary/aromatic N) is 2. The zero-order valence-electron chi connectivity index (χ0n) is 15.5. The standard InChI is InChI=1S/C23H24N2O2/c1-24-13-17(23(26)27)10-19-18-8-5-9-20-22(18)16(11-21(19)24)14-25(20)12-15-6-3-2-4-7-15/h2-9,14,17,19,21H,10-13H2,1H3,(H,26,27). The quantitative estimate of drug-likeness (QED) is 0.774. The van der Waals surface area contributed by atoms with Crippen LogP contribution in [0.3, 0.4) is 0 Å². The number of carboxylic acid groups (broad SMARTS) is 1. The summed E-state index contributed by atoms with van der Waals surface area (Å²) in [6, 6.07) is 17.5. The zero-order valence-corrected chi connectivity index (χ0v) is 15.5. The van der Waals surface area contributed by atoms with Crippen molar-refractivity contribution in [1.82, 2.24) is 9.47 Å². The van der Waals surface area contributed by atoms with E-state index in [1.165, 1.54) is 27.6 Å². The summed E-state index contributed by atoms with van der Waals surface area (Å²) in [5.74, 6) is -0.645. The van der Waals surface area contributed by atoms with Gasteiger partial charge >= 0.3 is 5.97 Å². The van der Waals surface area contributed by atoms with E-state index in [2.05, 4.69) is 65.2 Å². The van der Waals surface area contributed by atoms with E-state index in [9.17, 15) is 9.90 Å². The molecular formula is C23H24N2O2. The van der Waals surface area contributed by atoms with Crippen LogP contribution in [0.2, 0.25) is 0 Å². The molecule has 1 aromatic heterocycles. The van der Waals surface area contributed by atoms with E-state index in [-0.39, 0.29) is 5.92 Å². The van der Waals surface area contributed by atoms with Crippen LogP contribution in [0, 0.1) is 5.92 Å². The highest BCUT2D eigenvalue weighted by Gasteiger charge is 2.41. The van der Waals surface area contributed by atoms with Crippen molar-refractivity contribution < 1.29 is 9.90 Å². The summed E-state index contributed by atoms with van der Waals surface area (Å²) in [6.45, 7) is 1.51. The third kappa shape index (κ3) is 2.67. The minimum absolute atomic E-state index is 0.278. The summed E-state index contributed by atoms with van der Waals surface area (Å²) in [7, 11) is 2.08. The number of piperidine rings is 1. The lowest BCUT2D eigenvalue weighted by Gasteiger charge is -2.44. The second kappa shape index (κ2) is 6.24. The van der Waals surface area contributed by atoms with Gasteiger partial charge in [-0.15, -0.1) is 0 Å². The molecule has 1 fully saturated rings. The van der Waals surface area contributed by atoms with Gasteiger partial charge in [0.05, 0.1) is 5.92 Å². The molecule has 4 heteroatoms. The Bertz CT molecular complexity index is 1010. The van der Waals surface area contributed by atoms with E-state index in [1.54, 1.807) is 0 Å². The number of aliphatic carboxylic acids is 1. The van der Waals surface area contributed by atoms with Crippen molar-refractivity contribution in [3.63, 3.8) is 0 Å². The van der Waals surface area contributed by atoms with Gasteiger partial charge in [0.1, 0.15) is 0 Å². The Morgan fingerprint density at radius 2 is 1.96 bits per heavy atom. The van der Waals surface area contributed by atoms with E-state index in [1.807, 2.05) is 6.07 Å².